The summed E-state index contributed by atoms with van der Waals surface area (Å²) in [6, 6.07) is 6.88. The van der Waals surface area contributed by atoms with Gasteiger partial charge in [-0.05, 0) is 56.9 Å². The molecule has 0 spiro atoms. The van der Waals surface area contributed by atoms with Crippen molar-refractivity contribution in [3.8, 4) is 16.5 Å². The molecule has 0 radical (unpaired) electrons. The molecule has 4 rings (SSSR count). The zero-order chi connectivity index (χ0) is 23.8. The summed E-state index contributed by atoms with van der Waals surface area (Å²) in [6.07, 6.45) is 4.74. The number of hydrogen-bond donors (Lipinski definition) is 1. The number of benzene rings is 1. The van der Waals surface area contributed by atoms with Gasteiger partial charge in [-0.15, -0.1) is 11.3 Å². The van der Waals surface area contributed by atoms with Crippen LogP contribution in [-0.4, -0.2) is 49.0 Å². The van der Waals surface area contributed by atoms with E-state index in [2.05, 4.69) is 9.71 Å². The van der Waals surface area contributed by atoms with E-state index in [0.29, 0.717) is 32.7 Å². The van der Waals surface area contributed by atoms with E-state index in [1.54, 1.807) is 36.0 Å². The Morgan fingerprint density at radius 3 is 2.58 bits per heavy atom. The number of ether oxygens (including phenoxy) is 1. The molecule has 0 saturated carbocycles. The second kappa shape index (κ2) is 9.18. The molecule has 2 aromatic heterocycles. The molecule has 0 unspecified atom stereocenters. The normalized spacial score (nSPS) is 14.4. The van der Waals surface area contributed by atoms with Gasteiger partial charge < -0.3 is 14.2 Å². The molecule has 10 heteroatoms. The van der Waals surface area contributed by atoms with Gasteiger partial charge in [0.2, 0.25) is 0 Å². The van der Waals surface area contributed by atoms with Gasteiger partial charge in [-0.3, -0.25) is 9.52 Å². The Labute approximate surface area is 198 Å². The van der Waals surface area contributed by atoms with Crippen LogP contribution in [0.4, 0.5) is 5.69 Å². The summed E-state index contributed by atoms with van der Waals surface area (Å²) in [6.45, 7) is 5.24. The van der Waals surface area contributed by atoms with E-state index >= 15 is 0 Å². The van der Waals surface area contributed by atoms with Crippen LogP contribution in [-0.2, 0) is 17.1 Å². The molecule has 0 bridgehead atoms. The summed E-state index contributed by atoms with van der Waals surface area (Å²) in [7, 11) is -0.593. The molecule has 0 aliphatic carbocycles. The maximum absolute atomic E-state index is 13.1. The Morgan fingerprint density at radius 2 is 1.88 bits per heavy atom. The van der Waals surface area contributed by atoms with Crippen molar-refractivity contribution in [3.63, 3.8) is 0 Å². The topological polar surface area (TPSA) is 93.5 Å². The molecule has 1 N–H and O–H groups in total. The number of carbonyl (C=O) groups excluding carboxylic acids is 1. The number of methoxy groups -OCH3 is 1. The van der Waals surface area contributed by atoms with Gasteiger partial charge in [-0.1, -0.05) is 6.07 Å². The van der Waals surface area contributed by atoms with Crippen LogP contribution in [0.5, 0.6) is 5.75 Å². The largest absolute Gasteiger partial charge is 0.495 e. The maximum atomic E-state index is 13.1. The number of aromatic nitrogens is 2. The van der Waals surface area contributed by atoms with Gasteiger partial charge in [0, 0.05) is 26.3 Å². The van der Waals surface area contributed by atoms with Gasteiger partial charge in [0.25, 0.3) is 15.9 Å². The number of aryl methyl sites for hydroxylation is 3. The van der Waals surface area contributed by atoms with E-state index in [-0.39, 0.29) is 10.8 Å². The molecular weight excluding hydrogens is 460 g/mol. The lowest BCUT2D eigenvalue weighted by Crippen LogP contribution is -2.35. The van der Waals surface area contributed by atoms with Gasteiger partial charge in [-0.25, -0.2) is 13.4 Å². The molecule has 1 aliphatic rings. The van der Waals surface area contributed by atoms with Gasteiger partial charge in [0.1, 0.15) is 20.5 Å². The summed E-state index contributed by atoms with van der Waals surface area (Å²) in [4.78, 5) is 20.2. The van der Waals surface area contributed by atoms with Crippen molar-refractivity contribution in [2.45, 2.75) is 38.0 Å². The molecule has 176 valence electrons. The van der Waals surface area contributed by atoms with Crippen LogP contribution in [0.25, 0.3) is 10.7 Å². The van der Waals surface area contributed by atoms with Gasteiger partial charge in [0.05, 0.1) is 24.2 Å². The summed E-state index contributed by atoms with van der Waals surface area (Å²) in [5.74, 6) is 0.447. The van der Waals surface area contributed by atoms with Crippen molar-refractivity contribution in [1.29, 1.82) is 0 Å². The maximum Gasteiger partial charge on any atom is 0.265 e. The van der Waals surface area contributed by atoms with E-state index in [1.165, 1.54) is 18.4 Å². The first-order chi connectivity index (χ1) is 15.7. The van der Waals surface area contributed by atoms with Crippen LogP contribution in [0, 0.1) is 13.8 Å². The van der Waals surface area contributed by atoms with Crippen molar-refractivity contribution in [2.75, 3.05) is 24.9 Å². The smallest absolute Gasteiger partial charge is 0.265 e. The fourth-order valence-electron chi connectivity index (χ4n) is 3.94. The van der Waals surface area contributed by atoms with E-state index in [0.717, 1.165) is 37.9 Å². The highest BCUT2D eigenvalue weighted by atomic mass is 32.2. The molecule has 3 heterocycles. The molecule has 1 saturated heterocycles. The summed E-state index contributed by atoms with van der Waals surface area (Å²) in [5, 5.41) is 0.616. The fourth-order valence-corrected chi connectivity index (χ4v) is 6.17. The lowest BCUT2D eigenvalue weighted by Gasteiger charge is -2.26. The minimum atomic E-state index is -3.86. The number of carbonyl (C=O) groups is 1. The number of piperidine rings is 1. The van der Waals surface area contributed by atoms with E-state index in [9.17, 15) is 13.2 Å². The molecule has 3 aromatic rings. The molecule has 8 nitrogen and oxygen atoms in total. The Hall–Kier alpha value is -2.85. The first-order valence-corrected chi connectivity index (χ1v) is 13.1. The van der Waals surface area contributed by atoms with Crippen LogP contribution in [0.1, 0.15) is 40.2 Å². The molecule has 1 aliphatic heterocycles. The van der Waals surface area contributed by atoms with Gasteiger partial charge >= 0.3 is 0 Å². The molecule has 1 aromatic carbocycles. The molecule has 0 atom stereocenters. The Morgan fingerprint density at radius 1 is 1.15 bits per heavy atom. The zero-order valence-electron chi connectivity index (χ0n) is 19.2. The van der Waals surface area contributed by atoms with Crippen LogP contribution in [0.2, 0.25) is 0 Å². The Bertz CT molecular complexity index is 1290. The Balaban J connectivity index is 1.62. The van der Waals surface area contributed by atoms with Crippen molar-refractivity contribution in [1.82, 2.24) is 14.5 Å². The number of sulfonamides is 1. The highest BCUT2D eigenvalue weighted by Gasteiger charge is 2.26. The molecular formula is C23H28N4O4S2. The average Bonchev–Trinajstić information content (AvgIpc) is 3.36. The third kappa shape index (κ3) is 4.77. The number of thiazole rings is 1. The molecule has 33 heavy (non-hydrogen) atoms. The van der Waals surface area contributed by atoms with E-state index in [4.69, 9.17) is 4.74 Å². The summed E-state index contributed by atoms with van der Waals surface area (Å²) >= 11 is 1.31. The lowest BCUT2D eigenvalue weighted by molar-refractivity contribution is 0.0728. The Kier molecular flexibility index (Phi) is 6.49. The monoisotopic (exact) mass is 488 g/mol. The molecule has 1 amide bonds. The quantitative estimate of drug-likeness (QED) is 0.561. The first kappa shape index (κ1) is 23.3. The van der Waals surface area contributed by atoms with E-state index in [1.807, 2.05) is 24.8 Å². The number of amides is 1. The van der Waals surface area contributed by atoms with Crippen molar-refractivity contribution < 1.29 is 17.9 Å². The van der Waals surface area contributed by atoms with E-state index < -0.39 is 10.0 Å². The van der Waals surface area contributed by atoms with Crippen molar-refractivity contribution in [2.24, 2.45) is 7.05 Å². The van der Waals surface area contributed by atoms with Crippen LogP contribution >= 0.6 is 11.3 Å². The second-order valence-corrected chi connectivity index (χ2v) is 10.9. The van der Waals surface area contributed by atoms with Crippen molar-refractivity contribution in [3.05, 3.63) is 46.6 Å². The minimum Gasteiger partial charge on any atom is -0.495 e. The van der Waals surface area contributed by atoms with Crippen LogP contribution in [0.15, 0.2) is 35.4 Å². The number of anilines is 1. The lowest BCUT2D eigenvalue weighted by atomic mass is 10.1. The number of nitrogens with zero attached hydrogens (tertiary/aromatic N) is 3. The van der Waals surface area contributed by atoms with Crippen LogP contribution in [0.3, 0.4) is 0 Å². The highest BCUT2D eigenvalue weighted by molar-refractivity contribution is 7.92. The molecule has 1 fully saturated rings. The van der Waals surface area contributed by atoms with Gasteiger partial charge in [0.15, 0.2) is 0 Å². The number of nitrogens with one attached hydrogen (secondary N) is 1. The number of rotatable bonds is 6. The average molecular weight is 489 g/mol. The second-order valence-electron chi connectivity index (χ2n) is 8.27. The van der Waals surface area contributed by atoms with Crippen LogP contribution < -0.4 is 9.46 Å². The third-order valence-corrected chi connectivity index (χ3v) is 8.24. The number of likely N-dealkylation sites (tertiary alicyclic amines) is 1. The predicted molar refractivity (Wildman–Crippen MR) is 130 cm³/mol. The summed E-state index contributed by atoms with van der Waals surface area (Å²) < 4.78 is 35.8. The number of hydrogen-bond acceptors (Lipinski definition) is 6. The zero-order valence-corrected chi connectivity index (χ0v) is 20.8. The third-order valence-electron chi connectivity index (χ3n) is 5.74. The standard InChI is InChI=1S/C23H28N4O4S2/c1-15-8-9-20(31-4)18(12-15)25-33(29,30)17-13-19(26(3)14-17)22-24-16(2)21(32-22)23(28)27-10-6-5-7-11-27/h8-9,12-14,25H,5-7,10-11H2,1-4H3. The SMILES string of the molecule is COc1ccc(C)cc1NS(=O)(=O)c1cc(-c2nc(C)c(C(=O)N3CCCCC3)s2)n(C)c1. The summed E-state index contributed by atoms with van der Waals surface area (Å²) in [5.41, 5.74) is 2.59. The first-order valence-electron chi connectivity index (χ1n) is 10.8. The highest BCUT2D eigenvalue weighted by Crippen LogP contribution is 2.33. The predicted octanol–water partition coefficient (Wildman–Crippen LogP) is 4.20. The van der Waals surface area contributed by atoms with Crippen molar-refractivity contribution >= 4 is 33.0 Å². The van der Waals surface area contributed by atoms with Gasteiger partial charge in [-0.2, -0.15) is 0 Å². The fraction of sp³-hybridized carbons (Fsp3) is 0.391. The minimum absolute atomic E-state index is 0.00575.